The van der Waals surface area contributed by atoms with Crippen molar-refractivity contribution in [3.63, 3.8) is 0 Å². The number of aromatic nitrogens is 1. The van der Waals surface area contributed by atoms with E-state index in [1.807, 2.05) is 10.8 Å². The van der Waals surface area contributed by atoms with Crippen LogP contribution < -0.4 is 11.1 Å². The molecular formula is C16H28N4O. The lowest BCUT2D eigenvalue weighted by Crippen LogP contribution is -2.35. The van der Waals surface area contributed by atoms with Crippen LogP contribution in [0.25, 0.3) is 0 Å². The van der Waals surface area contributed by atoms with Gasteiger partial charge in [0.25, 0.3) is 5.91 Å². The number of nitrogens with one attached hydrogen (secondary N) is 1. The van der Waals surface area contributed by atoms with Crippen LogP contribution in [0.3, 0.4) is 0 Å². The summed E-state index contributed by atoms with van der Waals surface area (Å²) in [6, 6.07) is 1.76. The molecule has 1 unspecified atom stereocenters. The van der Waals surface area contributed by atoms with Crippen molar-refractivity contribution in [3.8, 4) is 0 Å². The van der Waals surface area contributed by atoms with Gasteiger partial charge in [0, 0.05) is 25.8 Å². The third kappa shape index (κ3) is 4.49. The number of rotatable bonds is 7. The summed E-state index contributed by atoms with van der Waals surface area (Å²) in [6.45, 7) is 9.30. The molecule has 1 atom stereocenters. The minimum Gasteiger partial charge on any atom is -0.397 e. The van der Waals surface area contributed by atoms with Gasteiger partial charge in [0.15, 0.2) is 0 Å². The Morgan fingerprint density at radius 2 is 2.14 bits per heavy atom. The van der Waals surface area contributed by atoms with Crippen molar-refractivity contribution in [2.75, 3.05) is 31.9 Å². The first-order valence-electron chi connectivity index (χ1n) is 8.06. The monoisotopic (exact) mass is 292 g/mol. The van der Waals surface area contributed by atoms with E-state index in [1.165, 1.54) is 25.9 Å². The topological polar surface area (TPSA) is 63.3 Å². The minimum atomic E-state index is -0.0200. The Balaban J connectivity index is 1.83. The largest absolute Gasteiger partial charge is 0.397 e. The van der Waals surface area contributed by atoms with Crippen LogP contribution >= 0.6 is 0 Å². The zero-order valence-corrected chi connectivity index (χ0v) is 13.3. The third-order valence-corrected chi connectivity index (χ3v) is 3.99. The molecular weight excluding hydrogens is 264 g/mol. The molecule has 0 radical (unpaired) electrons. The maximum absolute atomic E-state index is 12.3. The number of nitrogens with two attached hydrogens (primary N) is 1. The zero-order valence-electron chi connectivity index (χ0n) is 13.3. The SMILES string of the molecule is CCCn1cc(N)cc1C(=O)NCC(C)CN1CCCC1. The standard InChI is InChI=1S/C16H28N4O/c1-3-6-20-12-14(17)9-15(20)16(21)18-10-13(2)11-19-7-4-5-8-19/h9,12-13H,3-8,10-11,17H2,1-2H3,(H,18,21). The molecule has 0 spiro atoms. The van der Waals surface area contributed by atoms with Gasteiger partial charge in [0.05, 0.1) is 5.69 Å². The number of likely N-dealkylation sites (tertiary alicyclic amines) is 1. The van der Waals surface area contributed by atoms with Crippen LogP contribution in [0.5, 0.6) is 0 Å². The second-order valence-electron chi connectivity index (χ2n) is 6.17. The fraction of sp³-hybridized carbons (Fsp3) is 0.688. The van der Waals surface area contributed by atoms with Gasteiger partial charge >= 0.3 is 0 Å². The van der Waals surface area contributed by atoms with Crippen LogP contribution in [0.1, 0.15) is 43.6 Å². The summed E-state index contributed by atoms with van der Waals surface area (Å²) in [5, 5.41) is 3.04. The van der Waals surface area contributed by atoms with E-state index < -0.39 is 0 Å². The molecule has 2 rings (SSSR count). The summed E-state index contributed by atoms with van der Waals surface area (Å²) in [7, 11) is 0. The summed E-state index contributed by atoms with van der Waals surface area (Å²) < 4.78 is 1.94. The average molecular weight is 292 g/mol. The Labute approximate surface area is 127 Å². The molecule has 1 amide bonds. The molecule has 1 aromatic heterocycles. The van der Waals surface area contributed by atoms with Gasteiger partial charge in [-0.3, -0.25) is 4.79 Å². The molecule has 118 valence electrons. The van der Waals surface area contributed by atoms with Crippen molar-refractivity contribution in [3.05, 3.63) is 18.0 Å². The number of aryl methyl sites for hydroxylation is 1. The van der Waals surface area contributed by atoms with E-state index in [4.69, 9.17) is 5.73 Å². The molecule has 21 heavy (non-hydrogen) atoms. The van der Waals surface area contributed by atoms with Crippen molar-refractivity contribution in [1.82, 2.24) is 14.8 Å². The first-order valence-corrected chi connectivity index (χ1v) is 8.06. The van der Waals surface area contributed by atoms with Gasteiger partial charge in [0.1, 0.15) is 5.69 Å². The summed E-state index contributed by atoms with van der Waals surface area (Å²) in [5.74, 6) is 0.451. The van der Waals surface area contributed by atoms with Gasteiger partial charge in [-0.15, -0.1) is 0 Å². The summed E-state index contributed by atoms with van der Waals surface area (Å²) in [6.07, 6.45) is 5.44. The molecule has 0 bridgehead atoms. The summed E-state index contributed by atoms with van der Waals surface area (Å²) >= 11 is 0. The Kier molecular flexibility index (Phi) is 5.67. The highest BCUT2D eigenvalue weighted by Gasteiger charge is 2.17. The van der Waals surface area contributed by atoms with Crippen LogP contribution in [0.15, 0.2) is 12.3 Å². The normalized spacial score (nSPS) is 17.0. The highest BCUT2D eigenvalue weighted by Crippen LogP contribution is 2.12. The number of hydrogen-bond donors (Lipinski definition) is 2. The number of hydrogen-bond acceptors (Lipinski definition) is 3. The van der Waals surface area contributed by atoms with Crippen molar-refractivity contribution in [1.29, 1.82) is 0 Å². The molecule has 3 N–H and O–H groups in total. The van der Waals surface area contributed by atoms with Crippen molar-refractivity contribution < 1.29 is 4.79 Å². The Morgan fingerprint density at radius 3 is 2.81 bits per heavy atom. The van der Waals surface area contributed by atoms with Gasteiger partial charge in [-0.1, -0.05) is 13.8 Å². The van der Waals surface area contributed by atoms with Crippen LogP contribution in [0.4, 0.5) is 5.69 Å². The van der Waals surface area contributed by atoms with Gasteiger partial charge in [-0.25, -0.2) is 0 Å². The van der Waals surface area contributed by atoms with Crippen molar-refractivity contribution in [2.24, 2.45) is 5.92 Å². The average Bonchev–Trinajstić information content (AvgIpc) is 3.06. The van der Waals surface area contributed by atoms with Gasteiger partial charge in [-0.2, -0.15) is 0 Å². The molecule has 1 saturated heterocycles. The van der Waals surface area contributed by atoms with Crippen LogP contribution in [-0.4, -0.2) is 41.6 Å². The number of amides is 1. The lowest BCUT2D eigenvalue weighted by atomic mass is 10.1. The first-order chi connectivity index (χ1) is 10.1. The second-order valence-corrected chi connectivity index (χ2v) is 6.17. The lowest BCUT2D eigenvalue weighted by molar-refractivity contribution is 0.0935. The predicted molar refractivity (Wildman–Crippen MR) is 86.3 cm³/mol. The quantitative estimate of drug-likeness (QED) is 0.807. The number of carbonyl (C=O) groups excluding carboxylic acids is 1. The smallest absolute Gasteiger partial charge is 0.267 e. The third-order valence-electron chi connectivity index (χ3n) is 3.99. The van der Waals surface area contributed by atoms with Gasteiger partial charge in [0.2, 0.25) is 0 Å². The Bertz CT molecular complexity index is 463. The van der Waals surface area contributed by atoms with Crippen LogP contribution in [0, 0.1) is 5.92 Å². The molecule has 1 aromatic rings. The van der Waals surface area contributed by atoms with E-state index >= 15 is 0 Å². The van der Waals surface area contributed by atoms with E-state index in [-0.39, 0.29) is 5.91 Å². The van der Waals surface area contributed by atoms with Crippen molar-refractivity contribution in [2.45, 2.75) is 39.7 Å². The Morgan fingerprint density at radius 1 is 1.43 bits per heavy atom. The van der Waals surface area contributed by atoms with Crippen LogP contribution in [0.2, 0.25) is 0 Å². The lowest BCUT2D eigenvalue weighted by Gasteiger charge is -2.20. The Hall–Kier alpha value is -1.49. The number of anilines is 1. The maximum atomic E-state index is 12.3. The first kappa shape index (κ1) is 15.9. The van der Waals surface area contributed by atoms with E-state index in [9.17, 15) is 4.79 Å². The van der Waals surface area contributed by atoms with E-state index in [1.54, 1.807) is 6.07 Å². The van der Waals surface area contributed by atoms with Crippen LogP contribution in [-0.2, 0) is 6.54 Å². The van der Waals surface area contributed by atoms with E-state index in [0.717, 1.165) is 19.5 Å². The second kappa shape index (κ2) is 7.50. The number of nitrogens with zero attached hydrogens (tertiary/aromatic N) is 2. The molecule has 0 aromatic carbocycles. The molecule has 1 fully saturated rings. The molecule has 0 aliphatic carbocycles. The van der Waals surface area contributed by atoms with Crippen molar-refractivity contribution >= 4 is 11.6 Å². The fourth-order valence-corrected chi connectivity index (χ4v) is 2.98. The highest BCUT2D eigenvalue weighted by molar-refractivity contribution is 5.93. The molecule has 5 nitrogen and oxygen atoms in total. The van der Waals surface area contributed by atoms with E-state index in [2.05, 4.69) is 24.1 Å². The number of nitrogen functional groups attached to an aromatic ring is 1. The number of carbonyl (C=O) groups is 1. The minimum absolute atomic E-state index is 0.0200. The zero-order chi connectivity index (χ0) is 15.2. The maximum Gasteiger partial charge on any atom is 0.267 e. The summed E-state index contributed by atoms with van der Waals surface area (Å²) in [5.41, 5.74) is 7.13. The molecule has 1 aliphatic rings. The predicted octanol–water partition coefficient (Wildman–Crippen LogP) is 1.94. The van der Waals surface area contributed by atoms with Gasteiger partial charge in [-0.05, 0) is 44.3 Å². The fourth-order valence-electron chi connectivity index (χ4n) is 2.98. The molecule has 2 heterocycles. The molecule has 5 heteroatoms. The summed E-state index contributed by atoms with van der Waals surface area (Å²) in [4.78, 5) is 14.8. The highest BCUT2D eigenvalue weighted by atomic mass is 16.1. The molecule has 0 saturated carbocycles. The molecule has 1 aliphatic heterocycles. The van der Waals surface area contributed by atoms with E-state index in [0.29, 0.717) is 23.8 Å². The van der Waals surface area contributed by atoms with Gasteiger partial charge < -0.3 is 20.5 Å².